The van der Waals surface area contributed by atoms with Gasteiger partial charge in [-0.25, -0.2) is 0 Å². The summed E-state index contributed by atoms with van der Waals surface area (Å²) in [5.41, 5.74) is 0. The summed E-state index contributed by atoms with van der Waals surface area (Å²) in [7, 11) is 1.36. The molecule has 1 rings (SSSR count). The molecule has 0 radical (unpaired) electrons. The van der Waals surface area contributed by atoms with Crippen LogP contribution < -0.4 is 0 Å². The van der Waals surface area contributed by atoms with Crippen molar-refractivity contribution in [2.24, 2.45) is 0 Å². The van der Waals surface area contributed by atoms with Crippen LogP contribution in [0.4, 0.5) is 0 Å². The lowest BCUT2D eigenvalue weighted by atomic mass is 10.0. The van der Waals surface area contributed by atoms with Crippen molar-refractivity contribution in [1.82, 2.24) is 0 Å². The number of rotatable bonds is 3. The SMILES string of the molecule is COC(=O)CC[C@H]1OCCC[C@@H]1O. The highest BCUT2D eigenvalue weighted by Crippen LogP contribution is 2.17. The van der Waals surface area contributed by atoms with Crippen LogP contribution in [0.3, 0.4) is 0 Å². The van der Waals surface area contributed by atoms with Crippen molar-refractivity contribution in [2.75, 3.05) is 13.7 Å². The molecule has 1 N–H and O–H groups in total. The van der Waals surface area contributed by atoms with Crippen LogP contribution in [0, 0.1) is 0 Å². The molecular formula is C9H16O4. The van der Waals surface area contributed by atoms with E-state index < -0.39 is 6.10 Å². The number of aliphatic hydroxyl groups is 1. The zero-order valence-corrected chi connectivity index (χ0v) is 7.86. The molecule has 13 heavy (non-hydrogen) atoms. The molecule has 0 bridgehead atoms. The number of methoxy groups -OCH3 is 1. The Bertz CT molecular complexity index is 169. The van der Waals surface area contributed by atoms with Gasteiger partial charge in [0.15, 0.2) is 0 Å². The minimum Gasteiger partial charge on any atom is -0.469 e. The van der Waals surface area contributed by atoms with Crippen molar-refractivity contribution < 1.29 is 19.4 Å². The highest BCUT2D eigenvalue weighted by atomic mass is 16.5. The van der Waals surface area contributed by atoms with E-state index in [9.17, 15) is 9.90 Å². The Morgan fingerprint density at radius 1 is 1.69 bits per heavy atom. The minimum atomic E-state index is -0.418. The van der Waals surface area contributed by atoms with Gasteiger partial charge in [-0.3, -0.25) is 4.79 Å². The largest absolute Gasteiger partial charge is 0.469 e. The first-order valence-electron chi connectivity index (χ1n) is 4.60. The second-order valence-corrected chi connectivity index (χ2v) is 3.23. The normalized spacial score (nSPS) is 28.5. The van der Waals surface area contributed by atoms with Crippen LogP contribution in [0.2, 0.25) is 0 Å². The number of carbonyl (C=O) groups excluding carboxylic acids is 1. The van der Waals surface area contributed by atoms with Gasteiger partial charge in [-0.1, -0.05) is 0 Å². The topological polar surface area (TPSA) is 55.8 Å². The molecule has 0 aromatic heterocycles. The standard InChI is InChI=1S/C9H16O4/c1-12-9(11)5-4-8-7(10)3-2-6-13-8/h7-8,10H,2-6H2,1H3/t7-,8+/m0/s1. The number of carbonyl (C=O) groups is 1. The quantitative estimate of drug-likeness (QED) is 0.654. The lowest BCUT2D eigenvalue weighted by Gasteiger charge is -2.27. The molecular weight excluding hydrogens is 172 g/mol. The predicted molar refractivity (Wildman–Crippen MR) is 46.2 cm³/mol. The highest BCUT2D eigenvalue weighted by molar-refractivity contribution is 5.69. The smallest absolute Gasteiger partial charge is 0.305 e. The summed E-state index contributed by atoms with van der Waals surface area (Å²) >= 11 is 0. The summed E-state index contributed by atoms with van der Waals surface area (Å²) in [4.78, 5) is 10.8. The molecule has 2 atom stereocenters. The first-order chi connectivity index (χ1) is 6.24. The van der Waals surface area contributed by atoms with Crippen molar-refractivity contribution >= 4 is 5.97 Å². The second-order valence-electron chi connectivity index (χ2n) is 3.23. The van der Waals surface area contributed by atoms with E-state index >= 15 is 0 Å². The Morgan fingerprint density at radius 3 is 3.08 bits per heavy atom. The van der Waals surface area contributed by atoms with Gasteiger partial charge in [-0.15, -0.1) is 0 Å². The lowest BCUT2D eigenvalue weighted by molar-refractivity contribution is -0.142. The third-order valence-corrected chi connectivity index (χ3v) is 2.27. The summed E-state index contributed by atoms with van der Waals surface area (Å²) in [6.45, 7) is 0.683. The highest BCUT2D eigenvalue weighted by Gasteiger charge is 2.24. The van der Waals surface area contributed by atoms with Gasteiger partial charge in [0.2, 0.25) is 0 Å². The van der Waals surface area contributed by atoms with Gasteiger partial charge in [0, 0.05) is 13.0 Å². The number of aliphatic hydroxyl groups excluding tert-OH is 1. The third kappa shape index (κ3) is 3.32. The van der Waals surface area contributed by atoms with Crippen LogP contribution >= 0.6 is 0 Å². The maximum atomic E-state index is 10.8. The monoisotopic (exact) mass is 188 g/mol. The van der Waals surface area contributed by atoms with Gasteiger partial charge >= 0.3 is 5.97 Å². The molecule has 0 aromatic rings. The Morgan fingerprint density at radius 2 is 2.46 bits per heavy atom. The van der Waals surface area contributed by atoms with Crippen molar-refractivity contribution in [1.29, 1.82) is 0 Å². The zero-order chi connectivity index (χ0) is 9.68. The van der Waals surface area contributed by atoms with Crippen LogP contribution in [0.1, 0.15) is 25.7 Å². The molecule has 0 aromatic carbocycles. The molecule has 1 saturated heterocycles. The molecule has 1 fully saturated rings. The van der Waals surface area contributed by atoms with Gasteiger partial charge in [0.25, 0.3) is 0 Å². The number of hydrogen-bond acceptors (Lipinski definition) is 4. The molecule has 0 unspecified atom stereocenters. The molecule has 1 heterocycles. The molecule has 1 aliphatic rings. The Kier molecular flexibility index (Phi) is 4.18. The van der Waals surface area contributed by atoms with Gasteiger partial charge in [0.1, 0.15) is 0 Å². The van der Waals surface area contributed by atoms with E-state index in [1.807, 2.05) is 0 Å². The van der Waals surface area contributed by atoms with E-state index in [1.165, 1.54) is 7.11 Å². The fraction of sp³-hybridized carbons (Fsp3) is 0.889. The fourth-order valence-corrected chi connectivity index (χ4v) is 1.46. The minimum absolute atomic E-state index is 0.187. The predicted octanol–water partition coefficient (Wildman–Crippen LogP) is 0.479. The summed E-state index contributed by atoms with van der Waals surface area (Å²) < 4.78 is 9.83. The number of esters is 1. The third-order valence-electron chi connectivity index (χ3n) is 2.27. The van der Waals surface area contributed by atoms with E-state index in [0.29, 0.717) is 19.4 Å². The van der Waals surface area contributed by atoms with Crippen molar-refractivity contribution in [3.8, 4) is 0 Å². The van der Waals surface area contributed by atoms with E-state index in [4.69, 9.17) is 4.74 Å². The first kappa shape index (κ1) is 10.5. The van der Waals surface area contributed by atoms with Gasteiger partial charge in [-0.2, -0.15) is 0 Å². The van der Waals surface area contributed by atoms with Crippen molar-refractivity contribution in [3.63, 3.8) is 0 Å². The zero-order valence-electron chi connectivity index (χ0n) is 7.86. The van der Waals surface area contributed by atoms with Crippen LogP contribution in [0.15, 0.2) is 0 Å². The Balaban J connectivity index is 2.22. The molecule has 76 valence electrons. The Hall–Kier alpha value is -0.610. The lowest BCUT2D eigenvalue weighted by Crippen LogP contribution is -2.34. The van der Waals surface area contributed by atoms with Gasteiger partial charge in [0.05, 0.1) is 19.3 Å². The molecule has 0 amide bonds. The summed E-state index contributed by atoms with van der Waals surface area (Å²) in [6, 6.07) is 0. The van der Waals surface area contributed by atoms with Crippen molar-refractivity contribution in [2.45, 2.75) is 37.9 Å². The maximum absolute atomic E-state index is 10.8. The molecule has 0 saturated carbocycles. The van der Waals surface area contributed by atoms with Crippen LogP contribution in [0.25, 0.3) is 0 Å². The van der Waals surface area contributed by atoms with E-state index in [2.05, 4.69) is 4.74 Å². The van der Waals surface area contributed by atoms with Crippen molar-refractivity contribution in [3.05, 3.63) is 0 Å². The molecule has 4 nitrogen and oxygen atoms in total. The van der Waals surface area contributed by atoms with Crippen LogP contribution in [0.5, 0.6) is 0 Å². The molecule has 1 aliphatic heterocycles. The molecule has 4 heteroatoms. The van der Waals surface area contributed by atoms with Gasteiger partial charge in [-0.05, 0) is 19.3 Å². The molecule has 0 aliphatic carbocycles. The molecule has 0 spiro atoms. The Labute approximate surface area is 77.8 Å². The van der Waals surface area contributed by atoms with Crippen LogP contribution in [-0.2, 0) is 14.3 Å². The second kappa shape index (κ2) is 5.19. The fourth-order valence-electron chi connectivity index (χ4n) is 1.46. The van der Waals surface area contributed by atoms with E-state index in [0.717, 1.165) is 12.8 Å². The first-order valence-corrected chi connectivity index (χ1v) is 4.60. The summed E-state index contributed by atoms with van der Waals surface area (Å²) in [5.74, 6) is -0.249. The van der Waals surface area contributed by atoms with E-state index in [1.54, 1.807) is 0 Å². The van der Waals surface area contributed by atoms with E-state index in [-0.39, 0.29) is 12.1 Å². The summed E-state index contributed by atoms with van der Waals surface area (Å²) in [6.07, 6.45) is 1.93. The average molecular weight is 188 g/mol. The van der Waals surface area contributed by atoms with Crippen LogP contribution in [-0.4, -0.2) is 37.0 Å². The number of ether oxygens (including phenoxy) is 2. The van der Waals surface area contributed by atoms with Gasteiger partial charge < -0.3 is 14.6 Å². The maximum Gasteiger partial charge on any atom is 0.305 e. The number of hydrogen-bond donors (Lipinski definition) is 1. The summed E-state index contributed by atoms with van der Waals surface area (Å²) in [5, 5.41) is 9.48. The average Bonchev–Trinajstić information content (AvgIpc) is 2.16.